The molecule has 0 fully saturated rings. The predicted octanol–water partition coefficient (Wildman–Crippen LogP) is 6.32. The van der Waals surface area contributed by atoms with Gasteiger partial charge < -0.3 is 20.4 Å². The van der Waals surface area contributed by atoms with Gasteiger partial charge in [-0.1, -0.05) is 66.4 Å². The third kappa shape index (κ3) is 9.40. The van der Waals surface area contributed by atoms with Crippen LogP contribution in [-0.2, 0) is 22.6 Å². The zero-order valence-electron chi connectivity index (χ0n) is 26.5. The number of nitro groups is 1. The van der Waals surface area contributed by atoms with Crippen LogP contribution in [0.5, 0.6) is 0 Å². The minimum absolute atomic E-state index is 0.0189. The standard InChI is InChI=1S/C35H28N8O6S2/c44-32(24-9-5-2-6-10-24)39-25-12-13-27-31(17-25)51-35(41-27)50-30-14-11-23(15-29(30)43(47)48)18-38-42-33(45)28(16-26-19-36-21-37-26)40-34(46)49-20-22-7-3-1-4-8-22/h1-15,17-19,21,28H,16,20H2,(H,36,37)(H,39,44)(H,40,46)(H,42,45)/b38-18-/t28-/m0/s1. The number of aromatic nitrogens is 3. The number of hydrazone groups is 1. The summed E-state index contributed by atoms with van der Waals surface area (Å²) in [4.78, 5) is 61.4. The molecule has 0 aliphatic carbocycles. The molecule has 0 aliphatic heterocycles. The van der Waals surface area contributed by atoms with E-state index >= 15 is 0 Å². The molecule has 16 heteroatoms. The van der Waals surface area contributed by atoms with Crippen LogP contribution in [-0.4, -0.2) is 50.0 Å². The van der Waals surface area contributed by atoms with Crippen LogP contribution in [0.2, 0.25) is 0 Å². The van der Waals surface area contributed by atoms with Crippen LogP contribution in [0.15, 0.2) is 124 Å². The number of alkyl carbamates (subject to hydrolysis) is 1. The number of benzene rings is 4. The summed E-state index contributed by atoms with van der Waals surface area (Å²) in [6.45, 7) is 0.0189. The predicted molar refractivity (Wildman–Crippen MR) is 193 cm³/mol. The second-order valence-corrected chi connectivity index (χ2v) is 13.2. The molecule has 2 aromatic heterocycles. The number of fused-ring (bicyclic) bond motifs is 1. The fraction of sp³-hybridized carbons (Fsp3) is 0.0857. The summed E-state index contributed by atoms with van der Waals surface area (Å²) < 4.78 is 6.64. The second kappa shape index (κ2) is 16.3. The molecule has 51 heavy (non-hydrogen) atoms. The summed E-state index contributed by atoms with van der Waals surface area (Å²) in [5.41, 5.74) is 5.76. The lowest BCUT2D eigenvalue weighted by Crippen LogP contribution is -2.47. The van der Waals surface area contributed by atoms with E-state index in [2.05, 4.69) is 36.1 Å². The van der Waals surface area contributed by atoms with Gasteiger partial charge in [-0.3, -0.25) is 19.7 Å². The van der Waals surface area contributed by atoms with E-state index in [1.807, 2.05) is 30.3 Å². The third-order valence-electron chi connectivity index (χ3n) is 7.23. The summed E-state index contributed by atoms with van der Waals surface area (Å²) >= 11 is 2.48. The van der Waals surface area contributed by atoms with Crippen molar-refractivity contribution < 1.29 is 24.0 Å². The summed E-state index contributed by atoms with van der Waals surface area (Å²) in [5, 5.41) is 21.4. The number of nitrogens with zero attached hydrogens (tertiary/aromatic N) is 4. The van der Waals surface area contributed by atoms with E-state index in [0.29, 0.717) is 37.3 Å². The van der Waals surface area contributed by atoms with Gasteiger partial charge in [0.15, 0.2) is 4.34 Å². The number of amides is 3. The monoisotopic (exact) mass is 720 g/mol. The number of hydrogen-bond acceptors (Lipinski definition) is 11. The van der Waals surface area contributed by atoms with Crippen LogP contribution in [0.25, 0.3) is 10.2 Å². The maximum absolute atomic E-state index is 13.0. The molecule has 2 heterocycles. The Bertz CT molecular complexity index is 2190. The molecule has 0 saturated heterocycles. The van der Waals surface area contributed by atoms with Crippen LogP contribution in [0.1, 0.15) is 27.2 Å². The lowest BCUT2D eigenvalue weighted by molar-refractivity contribution is -0.387. The second-order valence-electron chi connectivity index (χ2n) is 10.8. The maximum Gasteiger partial charge on any atom is 0.408 e. The number of hydrogen-bond donors (Lipinski definition) is 4. The van der Waals surface area contributed by atoms with Crippen molar-refractivity contribution in [1.82, 2.24) is 25.7 Å². The Kier molecular flexibility index (Phi) is 11.0. The summed E-state index contributed by atoms with van der Waals surface area (Å²) in [6.07, 6.45) is 3.52. The molecule has 6 rings (SSSR count). The van der Waals surface area contributed by atoms with Crippen molar-refractivity contribution in [2.24, 2.45) is 5.10 Å². The molecule has 0 aliphatic rings. The highest BCUT2D eigenvalue weighted by Crippen LogP contribution is 2.39. The molecule has 6 aromatic rings. The first kappa shape index (κ1) is 34.5. The Hall–Kier alpha value is -6.39. The van der Waals surface area contributed by atoms with E-state index in [-0.39, 0.29) is 24.6 Å². The Balaban J connectivity index is 1.09. The van der Waals surface area contributed by atoms with Crippen LogP contribution < -0.4 is 16.1 Å². The number of rotatable bonds is 13. The lowest BCUT2D eigenvalue weighted by atomic mass is 10.1. The van der Waals surface area contributed by atoms with Crippen LogP contribution >= 0.6 is 23.1 Å². The van der Waals surface area contributed by atoms with Crippen LogP contribution in [0.4, 0.5) is 16.2 Å². The largest absolute Gasteiger partial charge is 0.445 e. The number of aromatic amines is 1. The topological polar surface area (TPSA) is 194 Å². The number of carbonyl (C=O) groups is 3. The van der Waals surface area contributed by atoms with Gasteiger partial charge in [0.1, 0.15) is 12.6 Å². The fourth-order valence-electron chi connectivity index (χ4n) is 4.74. The van der Waals surface area contributed by atoms with Crippen LogP contribution in [0, 0.1) is 10.1 Å². The molecule has 4 aromatic carbocycles. The zero-order chi connectivity index (χ0) is 35.6. The van der Waals surface area contributed by atoms with E-state index in [0.717, 1.165) is 22.0 Å². The Morgan fingerprint density at radius 3 is 2.55 bits per heavy atom. The minimum Gasteiger partial charge on any atom is -0.445 e. The molecule has 1 atom stereocenters. The van der Waals surface area contributed by atoms with Crippen molar-refractivity contribution in [1.29, 1.82) is 0 Å². The first-order valence-corrected chi connectivity index (χ1v) is 16.9. The lowest BCUT2D eigenvalue weighted by Gasteiger charge is -2.16. The molecule has 0 saturated carbocycles. The van der Waals surface area contributed by atoms with Gasteiger partial charge in [0, 0.05) is 41.2 Å². The van der Waals surface area contributed by atoms with Crippen molar-refractivity contribution in [3.8, 4) is 0 Å². The molecular formula is C35H28N8O6S2. The molecular weight excluding hydrogens is 693 g/mol. The first-order chi connectivity index (χ1) is 24.8. The van der Waals surface area contributed by atoms with Gasteiger partial charge in [0.05, 0.1) is 32.6 Å². The van der Waals surface area contributed by atoms with E-state index < -0.39 is 23.0 Å². The summed E-state index contributed by atoms with van der Waals surface area (Å²) in [6, 6.07) is 26.8. The van der Waals surface area contributed by atoms with Gasteiger partial charge in [0.2, 0.25) is 0 Å². The summed E-state index contributed by atoms with van der Waals surface area (Å²) in [5.74, 6) is -0.879. The van der Waals surface area contributed by atoms with Crippen molar-refractivity contribution >= 4 is 68.8 Å². The highest BCUT2D eigenvalue weighted by molar-refractivity contribution is 8.01. The average molecular weight is 721 g/mol. The number of H-pyrrole nitrogens is 1. The minimum atomic E-state index is -1.07. The molecule has 0 unspecified atom stereocenters. The Labute approximate surface area is 298 Å². The van der Waals surface area contributed by atoms with Gasteiger partial charge >= 0.3 is 6.09 Å². The van der Waals surface area contributed by atoms with Gasteiger partial charge in [-0.15, -0.1) is 11.3 Å². The van der Waals surface area contributed by atoms with E-state index in [9.17, 15) is 24.5 Å². The normalized spacial score (nSPS) is 11.6. The number of nitro benzene ring substituents is 1. The number of thiazole rings is 1. The van der Waals surface area contributed by atoms with Crippen molar-refractivity contribution in [3.63, 3.8) is 0 Å². The van der Waals surface area contributed by atoms with Crippen LogP contribution in [0.3, 0.4) is 0 Å². The van der Waals surface area contributed by atoms with Crippen molar-refractivity contribution in [2.75, 3.05) is 5.32 Å². The number of nitrogens with one attached hydrogen (secondary N) is 4. The van der Waals surface area contributed by atoms with Gasteiger partial charge in [-0.05, 0) is 42.0 Å². The highest BCUT2D eigenvalue weighted by Gasteiger charge is 2.23. The first-order valence-electron chi connectivity index (χ1n) is 15.3. The van der Waals surface area contributed by atoms with E-state index in [1.54, 1.807) is 60.7 Å². The summed E-state index contributed by atoms with van der Waals surface area (Å²) in [7, 11) is 0. The maximum atomic E-state index is 13.0. The average Bonchev–Trinajstić information content (AvgIpc) is 3.81. The molecule has 256 valence electrons. The number of ether oxygens (including phenoxy) is 1. The number of carbonyl (C=O) groups excluding carboxylic acids is 3. The molecule has 0 spiro atoms. The van der Waals surface area contributed by atoms with E-state index in [4.69, 9.17) is 4.74 Å². The zero-order valence-corrected chi connectivity index (χ0v) is 28.1. The van der Waals surface area contributed by atoms with Gasteiger partial charge in [0.25, 0.3) is 17.5 Å². The molecule has 4 N–H and O–H groups in total. The molecule has 3 amide bonds. The highest BCUT2D eigenvalue weighted by atomic mass is 32.2. The van der Waals surface area contributed by atoms with Crippen molar-refractivity contribution in [3.05, 3.63) is 142 Å². The quantitative estimate of drug-likeness (QED) is 0.0600. The molecule has 0 radical (unpaired) electrons. The van der Waals surface area contributed by atoms with E-state index in [1.165, 1.54) is 36.1 Å². The SMILES string of the molecule is O=C(N[C@@H](Cc1cnc[nH]1)C(=O)N/N=C\c1ccc(Sc2nc3ccc(NC(=O)c4ccccc4)cc3s2)c([N+](=O)[O-])c1)OCc1ccccc1. The molecule has 0 bridgehead atoms. The number of imidazole rings is 1. The van der Waals surface area contributed by atoms with Crippen molar-refractivity contribution in [2.45, 2.75) is 28.3 Å². The number of anilines is 1. The third-order valence-corrected chi connectivity index (χ3v) is 9.37. The Morgan fingerprint density at radius 1 is 1.02 bits per heavy atom. The Morgan fingerprint density at radius 2 is 1.80 bits per heavy atom. The molecule has 14 nitrogen and oxygen atoms in total. The van der Waals surface area contributed by atoms with Gasteiger partial charge in [-0.2, -0.15) is 5.10 Å². The fourth-order valence-corrected chi connectivity index (χ4v) is 6.88. The van der Waals surface area contributed by atoms with Gasteiger partial charge in [-0.25, -0.2) is 20.2 Å². The smallest absolute Gasteiger partial charge is 0.408 e.